The summed E-state index contributed by atoms with van der Waals surface area (Å²) in [5.74, 6) is 1.42. The van der Waals surface area contributed by atoms with Gasteiger partial charge >= 0.3 is 0 Å². The Morgan fingerprint density at radius 3 is 2.50 bits per heavy atom. The summed E-state index contributed by atoms with van der Waals surface area (Å²) in [4.78, 5) is 4.26. The van der Waals surface area contributed by atoms with Crippen LogP contribution in [0.1, 0.15) is 44.9 Å². The number of para-hydroxylation sites is 1. The number of hydrogen-bond acceptors (Lipinski definition) is 3. The SMILES string of the molecule is CC(N)c1ccnc(Oc2ccccc2C(C)(C)C)c1. The average Bonchev–Trinajstić information content (AvgIpc) is 2.38. The first kappa shape index (κ1) is 14.5. The molecule has 2 rings (SSSR count). The van der Waals surface area contributed by atoms with Crippen molar-refractivity contribution in [2.45, 2.75) is 39.2 Å². The van der Waals surface area contributed by atoms with Gasteiger partial charge < -0.3 is 10.5 Å². The third-order valence-corrected chi connectivity index (χ3v) is 3.19. The molecular formula is C17H22N2O. The van der Waals surface area contributed by atoms with Gasteiger partial charge in [0, 0.05) is 23.9 Å². The van der Waals surface area contributed by atoms with Crippen molar-refractivity contribution in [3.63, 3.8) is 0 Å². The summed E-state index contributed by atoms with van der Waals surface area (Å²) in [5, 5.41) is 0. The van der Waals surface area contributed by atoms with Crippen molar-refractivity contribution in [1.82, 2.24) is 4.98 Å². The summed E-state index contributed by atoms with van der Waals surface area (Å²) in [6.45, 7) is 8.45. The Kier molecular flexibility index (Phi) is 4.09. The minimum Gasteiger partial charge on any atom is -0.439 e. The van der Waals surface area contributed by atoms with E-state index in [0.29, 0.717) is 5.88 Å². The van der Waals surface area contributed by atoms with Crippen LogP contribution in [-0.4, -0.2) is 4.98 Å². The standard InChI is InChI=1S/C17H22N2O/c1-12(18)13-9-10-19-16(11-13)20-15-8-6-5-7-14(15)17(2,3)4/h5-12H,18H2,1-4H3. The third-order valence-electron chi connectivity index (χ3n) is 3.19. The summed E-state index contributed by atoms with van der Waals surface area (Å²) in [5.41, 5.74) is 8.09. The van der Waals surface area contributed by atoms with Crippen molar-refractivity contribution in [3.8, 4) is 11.6 Å². The average molecular weight is 270 g/mol. The highest BCUT2D eigenvalue weighted by Crippen LogP contribution is 2.33. The van der Waals surface area contributed by atoms with Crippen LogP contribution in [0, 0.1) is 0 Å². The number of hydrogen-bond donors (Lipinski definition) is 1. The van der Waals surface area contributed by atoms with Crippen LogP contribution < -0.4 is 10.5 Å². The highest BCUT2D eigenvalue weighted by atomic mass is 16.5. The van der Waals surface area contributed by atoms with Crippen LogP contribution in [0.4, 0.5) is 0 Å². The smallest absolute Gasteiger partial charge is 0.219 e. The summed E-state index contributed by atoms with van der Waals surface area (Å²) in [6.07, 6.45) is 1.73. The minimum atomic E-state index is -0.0294. The Morgan fingerprint density at radius 2 is 1.85 bits per heavy atom. The molecule has 0 aliphatic heterocycles. The first-order chi connectivity index (χ1) is 9.38. The molecule has 2 N–H and O–H groups in total. The van der Waals surface area contributed by atoms with Crippen molar-refractivity contribution in [1.29, 1.82) is 0 Å². The molecule has 106 valence electrons. The van der Waals surface area contributed by atoms with Gasteiger partial charge in [-0.3, -0.25) is 0 Å². The number of pyridine rings is 1. The van der Waals surface area contributed by atoms with Crippen LogP contribution in [0.25, 0.3) is 0 Å². The summed E-state index contributed by atoms with van der Waals surface area (Å²) in [7, 11) is 0. The van der Waals surface area contributed by atoms with Crippen LogP contribution in [0.3, 0.4) is 0 Å². The third kappa shape index (κ3) is 3.36. The fourth-order valence-corrected chi connectivity index (χ4v) is 2.05. The molecule has 0 spiro atoms. The molecule has 20 heavy (non-hydrogen) atoms. The summed E-state index contributed by atoms with van der Waals surface area (Å²) >= 11 is 0. The van der Waals surface area contributed by atoms with E-state index in [9.17, 15) is 0 Å². The molecule has 1 heterocycles. The predicted molar refractivity (Wildman–Crippen MR) is 82.1 cm³/mol. The monoisotopic (exact) mass is 270 g/mol. The molecule has 0 aliphatic rings. The first-order valence-corrected chi connectivity index (χ1v) is 6.87. The maximum absolute atomic E-state index is 5.96. The fourth-order valence-electron chi connectivity index (χ4n) is 2.05. The highest BCUT2D eigenvalue weighted by Gasteiger charge is 2.19. The molecule has 0 saturated heterocycles. The molecule has 0 fully saturated rings. The maximum Gasteiger partial charge on any atom is 0.219 e. The number of rotatable bonds is 3. The van der Waals surface area contributed by atoms with Crippen LogP contribution in [0.15, 0.2) is 42.6 Å². The van der Waals surface area contributed by atoms with Crippen molar-refractivity contribution < 1.29 is 4.74 Å². The van der Waals surface area contributed by atoms with Gasteiger partial charge in [-0.1, -0.05) is 39.0 Å². The lowest BCUT2D eigenvalue weighted by atomic mass is 9.86. The molecule has 1 atom stereocenters. The molecule has 0 saturated carbocycles. The second-order valence-corrected chi connectivity index (χ2v) is 6.06. The Hall–Kier alpha value is -1.87. The lowest BCUT2D eigenvalue weighted by Gasteiger charge is -2.22. The zero-order chi connectivity index (χ0) is 14.8. The first-order valence-electron chi connectivity index (χ1n) is 6.87. The van der Waals surface area contributed by atoms with E-state index in [1.54, 1.807) is 6.20 Å². The van der Waals surface area contributed by atoms with E-state index < -0.39 is 0 Å². The second-order valence-electron chi connectivity index (χ2n) is 6.06. The number of nitrogens with two attached hydrogens (primary N) is 1. The summed E-state index contributed by atoms with van der Waals surface area (Å²) in [6, 6.07) is 11.8. The maximum atomic E-state index is 5.96. The van der Waals surface area contributed by atoms with Crippen molar-refractivity contribution in [2.75, 3.05) is 0 Å². The second kappa shape index (κ2) is 5.63. The molecule has 0 bridgehead atoms. The highest BCUT2D eigenvalue weighted by molar-refractivity contribution is 5.40. The van der Waals surface area contributed by atoms with Crippen molar-refractivity contribution in [3.05, 3.63) is 53.7 Å². The molecule has 1 aromatic carbocycles. The number of aromatic nitrogens is 1. The van der Waals surface area contributed by atoms with E-state index in [1.807, 2.05) is 37.3 Å². The van der Waals surface area contributed by atoms with Crippen molar-refractivity contribution in [2.24, 2.45) is 5.73 Å². The van der Waals surface area contributed by atoms with Gasteiger partial charge in [-0.25, -0.2) is 4.98 Å². The number of ether oxygens (including phenoxy) is 1. The van der Waals surface area contributed by atoms with Gasteiger partial charge in [-0.05, 0) is 30.0 Å². The zero-order valence-electron chi connectivity index (χ0n) is 12.6. The van der Waals surface area contributed by atoms with E-state index in [-0.39, 0.29) is 11.5 Å². The van der Waals surface area contributed by atoms with E-state index in [1.165, 1.54) is 0 Å². The molecule has 0 aliphatic carbocycles. The van der Waals surface area contributed by atoms with Gasteiger partial charge in [0.2, 0.25) is 5.88 Å². The Labute approximate surface area is 120 Å². The van der Waals surface area contributed by atoms with Gasteiger partial charge in [-0.2, -0.15) is 0 Å². The molecule has 0 radical (unpaired) electrons. The predicted octanol–water partition coefficient (Wildman–Crippen LogP) is 4.19. The van der Waals surface area contributed by atoms with Crippen molar-refractivity contribution >= 4 is 0 Å². The van der Waals surface area contributed by atoms with Crippen LogP contribution >= 0.6 is 0 Å². The number of benzene rings is 1. The van der Waals surface area contributed by atoms with E-state index in [2.05, 4.69) is 31.8 Å². The molecule has 1 aromatic heterocycles. The van der Waals surface area contributed by atoms with Gasteiger partial charge in [0.1, 0.15) is 5.75 Å². The van der Waals surface area contributed by atoms with E-state index in [4.69, 9.17) is 10.5 Å². The van der Waals surface area contributed by atoms with Crippen LogP contribution in [0.2, 0.25) is 0 Å². The normalized spacial score (nSPS) is 13.1. The minimum absolute atomic E-state index is 0.0232. The van der Waals surface area contributed by atoms with Gasteiger partial charge in [0.25, 0.3) is 0 Å². The van der Waals surface area contributed by atoms with E-state index in [0.717, 1.165) is 16.9 Å². The lowest BCUT2D eigenvalue weighted by Crippen LogP contribution is -2.12. The van der Waals surface area contributed by atoms with Gasteiger partial charge in [0.05, 0.1) is 0 Å². The summed E-state index contributed by atoms with van der Waals surface area (Å²) < 4.78 is 5.96. The Bertz CT molecular complexity index is 586. The van der Waals surface area contributed by atoms with Crippen LogP contribution in [0.5, 0.6) is 11.6 Å². The van der Waals surface area contributed by atoms with Gasteiger partial charge in [0.15, 0.2) is 0 Å². The Morgan fingerprint density at radius 1 is 1.15 bits per heavy atom. The molecule has 2 aromatic rings. The van der Waals surface area contributed by atoms with E-state index >= 15 is 0 Å². The molecule has 3 heteroatoms. The fraction of sp³-hybridized carbons (Fsp3) is 0.353. The van der Waals surface area contributed by atoms with Crippen LogP contribution in [-0.2, 0) is 5.41 Å². The molecule has 1 unspecified atom stereocenters. The topological polar surface area (TPSA) is 48.1 Å². The Balaban J connectivity index is 2.33. The molecule has 0 amide bonds. The van der Waals surface area contributed by atoms with Gasteiger partial charge in [-0.15, -0.1) is 0 Å². The largest absolute Gasteiger partial charge is 0.439 e. The molecule has 3 nitrogen and oxygen atoms in total. The quantitative estimate of drug-likeness (QED) is 0.909. The lowest BCUT2D eigenvalue weighted by molar-refractivity contribution is 0.439. The number of nitrogens with zero attached hydrogens (tertiary/aromatic N) is 1. The molecular weight excluding hydrogens is 248 g/mol. The zero-order valence-corrected chi connectivity index (χ0v) is 12.6.